The zero-order valence-electron chi connectivity index (χ0n) is 19.5. The highest BCUT2D eigenvalue weighted by atomic mass is 35.5. The van der Waals surface area contributed by atoms with Crippen molar-refractivity contribution in [3.63, 3.8) is 0 Å². The van der Waals surface area contributed by atoms with Crippen LogP contribution in [0, 0.1) is 6.92 Å². The Morgan fingerprint density at radius 3 is 2.66 bits per heavy atom. The first kappa shape index (κ1) is 26.8. The average molecular weight is 567 g/mol. The molecule has 0 aliphatic rings. The molecule has 0 aliphatic heterocycles. The number of aromatic amines is 1. The number of fused-ring (bicyclic) bond motifs is 2. The molecule has 38 heavy (non-hydrogen) atoms. The van der Waals surface area contributed by atoms with Crippen molar-refractivity contribution in [2.75, 3.05) is 11.1 Å². The molecule has 1 atom stereocenters. The molecule has 5 rings (SSSR count). The Bertz CT molecular complexity index is 1720. The summed E-state index contributed by atoms with van der Waals surface area (Å²) in [6.45, 7) is 3.79. The molecule has 0 saturated heterocycles. The topological polar surface area (TPSA) is 164 Å². The molecule has 4 aromatic heterocycles. The molecule has 198 valence electrons. The smallest absolute Gasteiger partial charge is 0.475 e. The number of carbonyl (C=O) groups is 1. The summed E-state index contributed by atoms with van der Waals surface area (Å²) in [4.78, 5) is 43.5. The molecule has 1 aromatic carbocycles. The number of nitrogens with one attached hydrogen (secondary N) is 2. The van der Waals surface area contributed by atoms with E-state index in [1.54, 1.807) is 16.5 Å². The molecule has 0 aliphatic carbocycles. The zero-order chi connectivity index (χ0) is 27.8. The first-order valence-corrected chi connectivity index (χ1v) is 11.9. The maximum Gasteiger partial charge on any atom is 0.490 e. The van der Waals surface area contributed by atoms with Crippen molar-refractivity contribution in [2.45, 2.75) is 26.1 Å². The second-order valence-corrected chi connectivity index (χ2v) is 9.15. The summed E-state index contributed by atoms with van der Waals surface area (Å²) in [5.41, 5.74) is 9.34. The zero-order valence-corrected chi connectivity index (χ0v) is 21.1. The third-order valence-corrected chi connectivity index (χ3v) is 6.36. The number of alkyl halides is 3. The maximum atomic E-state index is 13.5. The van der Waals surface area contributed by atoms with Gasteiger partial charge in [0.05, 0.1) is 23.6 Å². The fraction of sp³-hybridized carbons (Fsp3) is 0.182. The molecule has 0 spiro atoms. The molecular weight excluding hydrogens is 549 g/mol. The second-order valence-electron chi connectivity index (χ2n) is 7.88. The normalized spacial score (nSPS) is 12.3. The Labute approximate surface area is 220 Å². The Morgan fingerprint density at radius 1 is 1.29 bits per heavy atom. The van der Waals surface area contributed by atoms with Crippen molar-refractivity contribution in [2.24, 2.45) is 0 Å². The quantitative estimate of drug-likeness (QED) is 0.246. The number of carboxylic acids is 1. The predicted molar refractivity (Wildman–Crippen MR) is 136 cm³/mol. The van der Waals surface area contributed by atoms with Crippen LogP contribution in [0.25, 0.3) is 27.3 Å². The van der Waals surface area contributed by atoms with E-state index in [4.69, 9.17) is 32.2 Å². The fourth-order valence-corrected chi connectivity index (χ4v) is 4.61. The minimum absolute atomic E-state index is 0.110. The summed E-state index contributed by atoms with van der Waals surface area (Å²) >= 11 is 7.64. The van der Waals surface area contributed by atoms with Crippen LogP contribution in [-0.2, 0) is 4.79 Å². The van der Waals surface area contributed by atoms with Gasteiger partial charge in [-0.25, -0.2) is 14.8 Å². The Kier molecular flexibility index (Phi) is 7.24. The van der Waals surface area contributed by atoms with E-state index in [1.165, 1.54) is 17.7 Å². The van der Waals surface area contributed by atoms with Crippen LogP contribution in [-0.4, -0.2) is 46.6 Å². The van der Waals surface area contributed by atoms with E-state index in [2.05, 4.69) is 25.3 Å². The summed E-state index contributed by atoms with van der Waals surface area (Å²) in [6, 6.07) is 6.81. The fourth-order valence-electron chi connectivity index (χ4n) is 3.55. The summed E-state index contributed by atoms with van der Waals surface area (Å²) in [5, 5.41) is 12.9. The lowest BCUT2D eigenvalue weighted by Gasteiger charge is -2.18. The molecule has 5 N–H and O–H groups in total. The monoisotopic (exact) mass is 566 g/mol. The number of H-pyrrole nitrogens is 1. The first-order chi connectivity index (χ1) is 17.9. The van der Waals surface area contributed by atoms with Gasteiger partial charge >= 0.3 is 12.1 Å². The molecule has 4 heterocycles. The molecule has 11 nitrogen and oxygen atoms in total. The molecule has 0 saturated carbocycles. The largest absolute Gasteiger partial charge is 0.490 e. The van der Waals surface area contributed by atoms with Crippen molar-refractivity contribution >= 4 is 56.8 Å². The SMILES string of the molecule is Cc1csc2nc(C(C)Nc3nc(N)nc4[nH]cnc34)c(-c3cccc(Cl)c3)c(=O)n12.O=C(O)C(F)(F)F. The molecule has 5 aromatic rings. The molecule has 0 bridgehead atoms. The molecular formula is C22H18ClF3N8O3S. The molecule has 0 amide bonds. The number of benzene rings is 1. The lowest BCUT2D eigenvalue weighted by atomic mass is 10.0. The van der Waals surface area contributed by atoms with Crippen LogP contribution in [0.5, 0.6) is 0 Å². The van der Waals surface area contributed by atoms with Crippen molar-refractivity contribution in [1.29, 1.82) is 0 Å². The van der Waals surface area contributed by atoms with Gasteiger partial charge in [-0.3, -0.25) is 9.20 Å². The van der Waals surface area contributed by atoms with Crippen LogP contribution >= 0.6 is 22.9 Å². The van der Waals surface area contributed by atoms with Crippen LogP contribution in [0.3, 0.4) is 0 Å². The van der Waals surface area contributed by atoms with E-state index >= 15 is 0 Å². The number of hydrogen-bond donors (Lipinski definition) is 4. The Balaban J connectivity index is 0.000000426. The number of carboxylic acid groups (broad SMARTS) is 1. The lowest BCUT2D eigenvalue weighted by Crippen LogP contribution is -2.23. The summed E-state index contributed by atoms with van der Waals surface area (Å²) in [6.07, 6.45) is -3.56. The van der Waals surface area contributed by atoms with Crippen LogP contribution in [0.4, 0.5) is 24.9 Å². The van der Waals surface area contributed by atoms with E-state index in [1.807, 2.05) is 31.4 Å². The van der Waals surface area contributed by atoms with Crippen LogP contribution in [0.15, 0.2) is 40.8 Å². The third kappa shape index (κ3) is 5.38. The highest BCUT2D eigenvalue weighted by molar-refractivity contribution is 7.15. The standard InChI is InChI=1S/C20H17ClN8OS.C2HF3O2/c1-9-7-31-20-26-14(13(18(30)29(9)20)11-4-3-5-12(21)6-11)10(2)25-17-15-16(24-8-23-15)27-19(22)28-17;3-2(4,5)1(6)7/h3-8,10H,1-2H3,(H4,22,23,24,25,27,28);(H,6,7). The van der Waals surface area contributed by atoms with Gasteiger partial charge in [0.15, 0.2) is 16.4 Å². The number of aliphatic carboxylic acids is 1. The van der Waals surface area contributed by atoms with Gasteiger partial charge in [-0.15, -0.1) is 11.3 Å². The van der Waals surface area contributed by atoms with Crippen molar-refractivity contribution < 1.29 is 23.1 Å². The van der Waals surface area contributed by atoms with Crippen molar-refractivity contribution in [1.82, 2.24) is 29.3 Å². The maximum absolute atomic E-state index is 13.5. The molecule has 0 radical (unpaired) electrons. The number of thiazole rings is 1. The number of nitrogens with zero attached hydrogens (tertiary/aromatic N) is 5. The minimum atomic E-state index is -5.08. The van der Waals surface area contributed by atoms with Crippen molar-refractivity contribution in [3.05, 3.63) is 62.7 Å². The van der Waals surface area contributed by atoms with Crippen LogP contribution < -0.4 is 16.6 Å². The minimum Gasteiger partial charge on any atom is -0.475 e. The van der Waals surface area contributed by atoms with E-state index in [-0.39, 0.29) is 17.5 Å². The number of nitrogen functional groups attached to an aromatic ring is 1. The number of hydrogen-bond acceptors (Lipinski definition) is 9. The molecule has 16 heteroatoms. The number of anilines is 2. The van der Waals surface area contributed by atoms with Gasteiger partial charge in [-0.1, -0.05) is 23.7 Å². The van der Waals surface area contributed by atoms with Gasteiger partial charge in [0, 0.05) is 16.1 Å². The van der Waals surface area contributed by atoms with Gasteiger partial charge in [0.1, 0.15) is 5.52 Å². The Hall–Kier alpha value is -4.24. The summed E-state index contributed by atoms with van der Waals surface area (Å²) in [5.74, 6) is -2.19. The first-order valence-electron chi connectivity index (χ1n) is 10.7. The summed E-state index contributed by atoms with van der Waals surface area (Å²) in [7, 11) is 0. The van der Waals surface area contributed by atoms with Crippen LogP contribution in [0.1, 0.15) is 24.4 Å². The number of rotatable bonds is 4. The van der Waals surface area contributed by atoms with Gasteiger partial charge in [-0.05, 0) is 31.5 Å². The lowest BCUT2D eigenvalue weighted by molar-refractivity contribution is -0.192. The van der Waals surface area contributed by atoms with E-state index in [0.29, 0.717) is 43.8 Å². The van der Waals surface area contributed by atoms with Gasteiger partial charge in [0.25, 0.3) is 5.56 Å². The van der Waals surface area contributed by atoms with Crippen LogP contribution in [0.2, 0.25) is 5.02 Å². The number of nitrogens with two attached hydrogens (primary N) is 1. The van der Waals surface area contributed by atoms with Gasteiger partial charge < -0.3 is 21.1 Å². The summed E-state index contributed by atoms with van der Waals surface area (Å²) < 4.78 is 33.4. The van der Waals surface area contributed by atoms with Crippen molar-refractivity contribution in [3.8, 4) is 11.1 Å². The molecule has 1 unspecified atom stereocenters. The third-order valence-electron chi connectivity index (χ3n) is 5.18. The number of aryl methyl sites for hydroxylation is 1. The van der Waals surface area contributed by atoms with Gasteiger partial charge in [0.2, 0.25) is 5.95 Å². The Morgan fingerprint density at radius 2 is 2.00 bits per heavy atom. The van der Waals surface area contributed by atoms with E-state index in [0.717, 1.165) is 5.69 Å². The number of aromatic nitrogens is 6. The highest BCUT2D eigenvalue weighted by Gasteiger charge is 2.38. The van der Waals surface area contributed by atoms with E-state index < -0.39 is 12.1 Å². The average Bonchev–Trinajstić information content (AvgIpc) is 3.45. The highest BCUT2D eigenvalue weighted by Crippen LogP contribution is 2.30. The number of halogens is 4. The second kappa shape index (κ2) is 10.3. The number of imidazole rings is 1. The predicted octanol–water partition coefficient (Wildman–Crippen LogP) is 4.44. The molecule has 0 fully saturated rings. The van der Waals surface area contributed by atoms with Gasteiger partial charge in [-0.2, -0.15) is 23.1 Å². The van der Waals surface area contributed by atoms with E-state index in [9.17, 15) is 18.0 Å².